The number of nitro benzene ring substituents is 1. The number of methoxy groups -OCH3 is 2. The molecule has 4 rings (SSSR count). The summed E-state index contributed by atoms with van der Waals surface area (Å²) in [4.78, 5) is 25.3. The number of carboxylic acid groups (broad SMARTS) is 1. The van der Waals surface area contributed by atoms with Gasteiger partial charge in [0.1, 0.15) is 22.1 Å². The van der Waals surface area contributed by atoms with Gasteiger partial charge in [0.05, 0.1) is 32.4 Å². The van der Waals surface area contributed by atoms with Crippen LogP contribution in [0.5, 0.6) is 11.5 Å². The van der Waals surface area contributed by atoms with E-state index in [9.17, 15) is 20.0 Å². The number of hydrogen-bond donors (Lipinski definition) is 1. The zero-order valence-electron chi connectivity index (χ0n) is 21.1. The summed E-state index contributed by atoms with van der Waals surface area (Å²) in [6, 6.07) is 10.0. The molecule has 13 heteroatoms. The maximum Gasteiger partial charge on any atom is 0.342 e. The van der Waals surface area contributed by atoms with Crippen LogP contribution in [0, 0.1) is 10.1 Å². The second-order valence-electron chi connectivity index (χ2n) is 8.17. The molecule has 1 N–H and O–H groups in total. The Bertz CT molecular complexity index is 1350. The first-order chi connectivity index (χ1) is 18.3. The van der Waals surface area contributed by atoms with E-state index in [1.165, 1.54) is 12.1 Å². The van der Waals surface area contributed by atoms with Gasteiger partial charge in [0, 0.05) is 37.3 Å². The molecule has 12 nitrogen and oxygen atoms in total. The standard InChI is InChI=1S/C25H27N5O7S/c1-4-29-23(17-13-18(35-2)15-19(14-17)36-3)26-27-25(29)38-22(24(31)32)12-16-5-6-20(21(11-16)30(33)34)28-7-9-37-10-8-28/h5-6,11-15H,4,7-10H2,1-3H3,(H,31,32)/b22-12+. The predicted octanol–water partition coefficient (Wildman–Crippen LogP) is 3.94. The van der Waals surface area contributed by atoms with Crippen molar-refractivity contribution in [1.29, 1.82) is 0 Å². The Morgan fingerprint density at radius 3 is 2.42 bits per heavy atom. The maximum atomic E-state index is 12.1. The molecule has 1 aliphatic rings. The van der Waals surface area contributed by atoms with Gasteiger partial charge >= 0.3 is 5.97 Å². The number of aromatic nitrogens is 3. The highest BCUT2D eigenvalue weighted by atomic mass is 32.2. The lowest BCUT2D eigenvalue weighted by molar-refractivity contribution is -0.384. The molecule has 0 bridgehead atoms. The topological polar surface area (TPSA) is 142 Å². The van der Waals surface area contributed by atoms with E-state index >= 15 is 0 Å². The maximum absolute atomic E-state index is 12.1. The number of carbonyl (C=O) groups is 1. The molecule has 1 saturated heterocycles. The first-order valence-electron chi connectivity index (χ1n) is 11.7. The van der Waals surface area contributed by atoms with Crippen molar-refractivity contribution in [1.82, 2.24) is 14.8 Å². The molecular weight excluding hydrogens is 514 g/mol. The second-order valence-corrected chi connectivity index (χ2v) is 9.18. The minimum absolute atomic E-state index is 0.0599. The van der Waals surface area contributed by atoms with Crippen LogP contribution in [0.3, 0.4) is 0 Å². The van der Waals surface area contributed by atoms with Gasteiger partial charge in [-0.25, -0.2) is 4.79 Å². The summed E-state index contributed by atoms with van der Waals surface area (Å²) in [6.07, 6.45) is 1.39. The Labute approximate surface area is 223 Å². The molecule has 0 aliphatic carbocycles. The van der Waals surface area contributed by atoms with Gasteiger partial charge in [-0.2, -0.15) is 0 Å². The normalized spacial score (nSPS) is 13.9. The van der Waals surface area contributed by atoms with Crippen LogP contribution in [0.25, 0.3) is 17.5 Å². The number of rotatable bonds is 10. The highest BCUT2D eigenvalue weighted by Gasteiger charge is 2.23. The Morgan fingerprint density at radius 2 is 1.84 bits per heavy atom. The molecule has 3 aromatic rings. The number of nitro groups is 1. The summed E-state index contributed by atoms with van der Waals surface area (Å²) in [6.45, 7) is 4.42. The molecule has 200 valence electrons. The lowest BCUT2D eigenvalue weighted by Crippen LogP contribution is -2.36. The molecule has 0 unspecified atom stereocenters. The van der Waals surface area contributed by atoms with Crippen molar-refractivity contribution in [2.24, 2.45) is 0 Å². The van der Waals surface area contributed by atoms with E-state index in [1.807, 2.05) is 11.8 Å². The number of hydrogen-bond acceptors (Lipinski definition) is 10. The summed E-state index contributed by atoms with van der Waals surface area (Å²) in [5.41, 5.74) is 1.46. The van der Waals surface area contributed by atoms with Crippen molar-refractivity contribution in [3.8, 4) is 22.9 Å². The van der Waals surface area contributed by atoms with Gasteiger partial charge < -0.3 is 28.8 Å². The SMILES string of the molecule is CCn1c(S/C(=C/c2ccc(N3CCOCC3)c([N+](=O)[O-])c2)C(=O)O)nnc1-c1cc(OC)cc(OC)c1. The second kappa shape index (κ2) is 12.0. The summed E-state index contributed by atoms with van der Waals surface area (Å²) < 4.78 is 17.8. The van der Waals surface area contributed by atoms with E-state index in [0.29, 0.717) is 72.1 Å². The minimum atomic E-state index is -1.19. The van der Waals surface area contributed by atoms with Gasteiger partial charge in [-0.05, 0) is 48.5 Å². The third kappa shape index (κ3) is 5.89. The van der Waals surface area contributed by atoms with Crippen LogP contribution in [0.1, 0.15) is 12.5 Å². The molecule has 1 aliphatic heterocycles. The van der Waals surface area contributed by atoms with E-state index in [2.05, 4.69) is 10.2 Å². The lowest BCUT2D eigenvalue weighted by atomic mass is 10.1. The molecule has 1 aromatic heterocycles. The summed E-state index contributed by atoms with van der Waals surface area (Å²) in [5.74, 6) is 0.479. The van der Waals surface area contributed by atoms with Crippen molar-refractivity contribution >= 4 is 35.2 Å². The zero-order valence-corrected chi connectivity index (χ0v) is 21.9. The molecule has 0 radical (unpaired) electrons. The first-order valence-corrected chi connectivity index (χ1v) is 12.6. The van der Waals surface area contributed by atoms with Gasteiger partial charge in [0.25, 0.3) is 5.69 Å². The molecule has 1 fully saturated rings. The minimum Gasteiger partial charge on any atom is -0.497 e. The molecule has 0 saturated carbocycles. The number of aliphatic carboxylic acids is 1. The van der Waals surface area contributed by atoms with Crippen LogP contribution >= 0.6 is 11.8 Å². The van der Waals surface area contributed by atoms with Crippen LogP contribution in [-0.4, -0.2) is 71.3 Å². The Balaban J connectivity index is 1.67. The number of carboxylic acids is 1. The van der Waals surface area contributed by atoms with Crippen molar-refractivity contribution < 1.29 is 29.0 Å². The summed E-state index contributed by atoms with van der Waals surface area (Å²) in [5, 5.41) is 30.6. The molecule has 2 aromatic carbocycles. The van der Waals surface area contributed by atoms with Gasteiger partial charge in [0.15, 0.2) is 11.0 Å². The van der Waals surface area contributed by atoms with Crippen LogP contribution in [-0.2, 0) is 16.1 Å². The number of ether oxygens (including phenoxy) is 3. The van der Waals surface area contributed by atoms with Gasteiger partial charge in [-0.3, -0.25) is 10.1 Å². The fraction of sp³-hybridized carbons (Fsp3) is 0.320. The van der Waals surface area contributed by atoms with Crippen molar-refractivity contribution in [3.63, 3.8) is 0 Å². The molecule has 2 heterocycles. The predicted molar refractivity (Wildman–Crippen MR) is 142 cm³/mol. The Hall–Kier alpha value is -4.10. The number of thioether (sulfide) groups is 1. The van der Waals surface area contributed by atoms with E-state index in [-0.39, 0.29) is 10.6 Å². The largest absolute Gasteiger partial charge is 0.497 e. The quantitative estimate of drug-likeness (QED) is 0.173. The van der Waals surface area contributed by atoms with Crippen LogP contribution in [0.4, 0.5) is 11.4 Å². The van der Waals surface area contributed by atoms with Crippen LogP contribution < -0.4 is 14.4 Å². The molecule has 38 heavy (non-hydrogen) atoms. The highest BCUT2D eigenvalue weighted by Crippen LogP contribution is 2.35. The number of nitrogens with zero attached hydrogens (tertiary/aromatic N) is 5. The van der Waals surface area contributed by atoms with Crippen molar-refractivity contribution in [2.75, 3.05) is 45.4 Å². The van der Waals surface area contributed by atoms with E-state index in [1.54, 1.807) is 49.1 Å². The highest BCUT2D eigenvalue weighted by molar-refractivity contribution is 8.04. The number of morpholine rings is 1. The summed E-state index contributed by atoms with van der Waals surface area (Å²) in [7, 11) is 3.10. The fourth-order valence-electron chi connectivity index (χ4n) is 4.03. The third-order valence-electron chi connectivity index (χ3n) is 5.90. The lowest BCUT2D eigenvalue weighted by Gasteiger charge is -2.28. The van der Waals surface area contributed by atoms with E-state index in [4.69, 9.17) is 14.2 Å². The molecule has 0 spiro atoms. The van der Waals surface area contributed by atoms with Crippen LogP contribution in [0.2, 0.25) is 0 Å². The monoisotopic (exact) mass is 541 g/mol. The van der Waals surface area contributed by atoms with Crippen LogP contribution in [0.15, 0.2) is 46.5 Å². The van der Waals surface area contributed by atoms with E-state index < -0.39 is 10.9 Å². The molecular formula is C25H27N5O7S. The Morgan fingerprint density at radius 1 is 1.16 bits per heavy atom. The third-order valence-corrected chi connectivity index (χ3v) is 6.90. The summed E-state index contributed by atoms with van der Waals surface area (Å²) >= 11 is 0.916. The molecule has 0 atom stereocenters. The number of anilines is 1. The van der Waals surface area contributed by atoms with Gasteiger partial charge in [-0.1, -0.05) is 6.07 Å². The van der Waals surface area contributed by atoms with E-state index in [0.717, 1.165) is 11.8 Å². The van der Waals surface area contributed by atoms with Gasteiger partial charge in [0.2, 0.25) is 0 Å². The fourth-order valence-corrected chi connectivity index (χ4v) is 4.92. The first kappa shape index (κ1) is 26.9. The zero-order chi connectivity index (χ0) is 27.2. The average Bonchev–Trinajstić information content (AvgIpc) is 3.35. The van der Waals surface area contributed by atoms with Crippen molar-refractivity contribution in [3.05, 3.63) is 57.0 Å². The van der Waals surface area contributed by atoms with Crippen molar-refractivity contribution in [2.45, 2.75) is 18.6 Å². The Kier molecular flexibility index (Phi) is 8.48. The average molecular weight is 542 g/mol. The van der Waals surface area contributed by atoms with Gasteiger partial charge in [-0.15, -0.1) is 10.2 Å². The smallest absolute Gasteiger partial charge is 0.342 e. The molecule has 0 amide bonds. The number of benzene rings is 2.